The number of hydrogen-bond donors (Lipinski definition) is 1. The van der Waals surface area contributed by atoms with Crippen molar-refractivity contribution in [1.29, 1.82) is 0 Å². The van der Waals surface area contributed by atoms with Crippen molar-refractivity contribution in [3.63, 3.8) is 0 Å². The summed E-state index contributed by atoms with van der Waals surface area (Å²) in [5.41, 5.74) is 2.59. The first-order valence-electron chi connectivity index (χ1n) is 9.93. The average Bonchev–Trinajstić information content (AvgIpc) is 3.41. The molecule has 5 rings (SSSR count). The molecule has 0 spiro atoms. The van der Waals surface area contributed by atoms with Crippen molar-refractivity contribution in [3.05, 3.63) is 108 Å². The van der Waals surface area contributed by atoms with E-state index in [-0.39, 0.29) is 17.9 Å². The van der Waals surface area contributed by atoms with E-state index in [0.717, 1.165) is 22.7 Å². The highest BCUT2D eigenvalue weighted by Crippen LogP contribution is 2.41. The van der Waals surface area contributed by atoms with E-state index in [4.69, 9.17) is 16.6 Å². The topological polar surface area (TPSA) is 54.2 Å². The summed E-state index contributed by atoms with van der Waals surface area (Å²) < 4.78 is 19.6. The number of rotatable bonds is 5. The van der Waals surface area contributed by atoms with Gasteiger partial charge in [0.25, 0.3) is 0 Å². The molecule has 0 aliphatic carbocycles. The Labute approximate surface area is 184 Å². The number of nitrogens with zero attached hydrogens (tertiary/aromatic N) is 3. The van der Waals surface area contributed by atoms with E-state index in [1.165, 1.54) is 12.1 Å². The van der Waals surface area contributed by atoms with E-state index in [2.05, 4.69) is 20.2 Å². The van der Waals surface area contributed by atoms with E-state index in [1.54, 1.807) is 24.5 Å². The molecular formula is C24H19FN4OS. The van der Waals surface area contributed by atoms with E-state index >= 15 is 0 Å². The van der Waals surface area contributed by atoms with Gasteiger partial charge in [-0.05, 0) is 72.9 Å². The minimum absolute atomic E-state index is 0.176. The van der Waals surface area contributed by atoms with Crippen LogP contribution in [0.2, 0.25) is 0 Å². The molecule has 154 valence electrons. The zero-order valence-electron chi connectivity index (χ0n) is 16.5. The number of nitrogens with one attached hydrogen (secondary N) is 1. The summed E-state index contributed by atoms with van der Waals surface area (Å²) in [6.45, 7) is 0.535. The molecule has 0 amide bonds. The van der Waals surface area contributed by atoms with Crippen LogP contribution in [-0.4, -0.2) is 20.0 Å². The molecule has 0 bridgehead atoms. The van der Waals surface area contributed by atoms with Gasteiger partial charge >= 0.3 is 0 Å². The van der Waals surface area contributed by atoms with Gasteiger partial charge in [-0.25, -0.2) is 4.39 Å². The highest BCUT2D eigenvalue weighted by Gasteiger charge is 2.41. The monoisotopic (exact) mass is 430 g/mol. The third-order valence-corrected chi connectivity index (χ3v) is 5.66. The first kappa shape index (κ1) is 19.4. The molecule has 4 heterocycles. The average molecular weight is 431 g/mol. The Bertz CT molecular complexity index is 1180. The van der Waals surface area contributed by atoms with Gasteiger partial charge in [-0.3, -0.25) is 9.97 Å². The summed E-state index contributed by atoms with van der Waals surface area (Å²) in [5.74, 6) is 1.14. The molecule has 0 saturated carbocycles. The number of thiocarbonyl (C=S) groups is 1. The molecule has 1 aliphatic rings. The van der Waals surface area contributed by atoms with Gasteiger partial charge in [-0.1, -0.05) is 12.1 Å². The van der Waals surface area contributed by atoms with Gasteiger partial charge in [0.05, 0.1) is 24.0 Å². The third kappa shape index (κ3) is 3.92. The normalized spacial score (nSPS) is 18.2. The molecule has 2 atom stereocenters. The lowest BCUT2D eigenvalue weighted by Crippen LogP contribution is -2.29. The largest absolute Gasteiger partial charge is 0.459 e. The Morgan fingerprint density at radius 1 is 0.935 bits per heavy atom. The van der Waals surface area contributed by atoms with Gasteiger partial charge in [-0.15, -0.1) is 0 Å². The van der Waals surface area contributed by atoms with E-state index in [9.17, 15) is 4.39 Å². The van der Waals surface area contributed by atoms with Crippen molar-refractivity contribution in [1.82, 2.24) is 20.2 Å². The number of aromatic nitrogens is 2. The van der Waals surface area contributed by atoms with Gasteiger partial charge in [0, 0.05) is 18.0 Å². The smallest absolute Gasteiger partial charge is 0.170 e. The first-order chi connectivity index (χ1) is 15.2. The first-order valence-corrected chi connectivity index (χ1v) is 10.3. The van der Waals surface area contributed by atoms with Crippen LogP contribution in [-0.2, 0) is 6.54 Å². The molecule has 7 heteroatoms. The van der Waals surface area contributed by atoms with Crippen LogP contribution in [0.25, 0.3) is 11.3 Å². The van der Waals surface area contributed by atoms with Crippen LogP contribution < -0.4 is 5.32 Å². The zero-order chi connectivity index (χ0) is 21.2. The molecule has 1 aliphatic heterocycles. The second-order valence-electron chi connectivity index (χ2n) is 7.28. The van der Waals surface area contributed by atoms with Crippen LogP contribution in [0.3, 0.4) is 0 Å². The number of halogens is 1. The zero-order valence-corrected chi connectivity index (χ0v) is 17.3. The van der Waals surface area contributed by atoms with Crippen LogP contribution in [0.5, 0.6) is 0 Å². The summed E-state index contributed by atoms with van der Waals surface area (Å²) in [5, 5.41) is 4.02. The maximum atomic E-state index is 13.3. The fourth-order valence-electron chi connectivity index (χ4n) is 3.83. The Morgan fingerprint density at radius 3 is 2.42 bits per heavy atom. The SMILES string of the molecule is Fc1ccc(-c2ccc([C@@H]3[C@@H](c4ccccn4)NC(=S)N3Cc3ccccn3)o2)cc1. The molecule has 5 nitrogen and oxygen atoms in total. The molecule has 1 aromatic carbocycles. The van der Waals surface area contributed by atoms with Crippen molar-refractivity contribution >= 4 is 17.3 Å². The molecular weight excluding hydrogens is 411 g/mol. The lowest BCUT2D eigenvalue weighted by molar-refractivity contribution is 0.267. The predicted octanol–water partition coefficient (Wildman–Crippen LogP) is 5.05. The second kappa shape index (κ2) is 8.28. The van der Waals surface area contributed by atoms with E-state index < -0.39 is 0 Å². The van der Waals surface area contributed by atoms with Crippen LogP contribution >= 0.6 is 12.2 Å². The lowest BCUT2D eigenvalue weighted by atomic mass is 10.0. The predicted molar refractivity (Wildman–Crippen MR) is 119 cm³/mol. The van der Waals surface area contributed by atoms with Gasteiger partial charge in [0.2, 0.25) is 0 Å². The minimum atomic E-state index is -0.280. The van der Waals surface area contributed by atoms with Crippen LogP contribution in [0.4, 0.5) is 4.39 Å². The number of furan rings is 1. The van der Waals surface area contributed by atoms with Crippen LogP contribution in [0, 0.1) is 5.82 Å². The number of hydrogen-bond acceptors (Lipinski definition) is 4. The van der Waals surface area contributed by atoms with Gasteiger partial charge in [0.15, 0.2) is 5.11 Å². The number of pyridine rings is 2. The fraction of sp³-hybridized carbons (Fsp3) is 0.125. The van der Waals surface area contributed by atoms with E-state index in [0.29, 0.717) is 17.4 Å². The molecule has 31 heavy (non-hydrogen) atoms. The summed E-state index contributed by atoms with van der Waals surface area (Å²) in [6, 6.07) is 21.4. The molecule has 3 aromatic heterocycles. The highest BCUT2D eigenvalue weighted by molar-refractivity contribution is 7.80. The summed E-state index contributed by atoms with van der Waals surface area (Å²) >= 11 is 5.68. The molecule has 0 radical (unpaired) electrons. The highest BCUT2D eigenvalue weighted by atomic mass is 32.1. The minimum Gasteiger partial charge on any atom is -0.459 e. The third-order valence-electron chi connectivity index (χ3n) is 5.30. The maximum Gasteiger partial charge on any atom is 0.170 e. The number of benzene rings is 1. The Kier molecular flexibility index (Phi) is 5.18. The van der Waals surface area contributed by atoms with Crippen LogP contribution in [0.15, 0.2) is 89.6 Å². The Balaban J connectivity index is 1.53. The van der Waals surface area contributed by atoms with Crippen LogP contribution in [0.1, 0.15) is 29.2 Å². The second-order valence-corrected chi connectivity index (χ2v) is 7.67. The van der Waals surface area contributed by atoms with Crippen molar-refractivity contribution in [2.45, 2.75) is 18.6 Å². The molecule has 1 fully saturated rings. The summed E-state index contributed by atoms with van der Waals surface area (Å²) in [7, 11) is 0. The fourth-order valence-corrected chi connectivity index (χ4v) is 4.14. The molecule has 4 aromatic rings. The Hall–Kier alpha value is -3.58. The van der Waals surface area contributed by atoms with Crippen molar-refractivity contribution in [3.8, 4) is 11.3 Å². The van der Waals surface area contributed by atoms with Gasteiger partial charge < -0.3 is 14.6 Å². The summed E-state index contributed by atoms with van der Waals surface area (Å²) in [4.78, 5) is 11.1. The van der Waals surface area contributed by atoms with Gasteiger partial charge in [-0.2, -0.15) is 0 Å². The van der Waals surface area contributed by atoms with Gasteiger partial charge in [0.1, 0.15) is 23.4 Å². The molecule has 1 N–H and O–H groups in total. The lowest BCUT2D eigenvalue weighted by Gasteiger charge is -2.25. The van der Waals surface area contributed by atoms with Crippen molar-refractivity contribution in [2.75, 3.05) is 0 Å². The standard InChI is InChI=1S/C24H19FN4OS/c25-17-9-7-16(8-10-17)20-11-12-21(30-20)23-22(19-6-2-4-14-27-19)28-24(31)29(23)15-18-5-1-3-13-26-18/h1-14,22-23H,15H2,(H,28,31)/t22-,23-/m1/s1. The molecule has 0 unspecified atom stereocenters. The maximum absolute atomic E-state index is 13.3. The Morgan fingerprint density at radius 2 is 1.71 bits per heavy atom. The van der Waals surface area contributed by atoms with Crippen molar-refractivity contribution in [2.24, 2.45) is 0 Å². The quantitative estimate of drug-likeness (QED) is 0.447. The summed E-state index contributed by atoms with van der Waals surface area (Å²) in [6.07, 6.45) is 3.54. The van der Waals surface area contributed by atoms with E-state index in [1.807, 2.05) is 48.5 Å². The van der Waals surface area contributed by atoms with Crippen molar-refractivity contribution < 1.29 is 8.81 Å². The molecule has 1 saturated heterocycles.